The Morgan fingerprint density at radius 1 is 1.00 bits per heavy atom. The Labute approximate surface area is 215 Å². The molecule has 4 nitrogen and oxygen atoms in total. The van der Waals surface area contributed by atoms with Crippen molar-refractivity contribution in [2.24, 2.45) is 58.2 Å². The van der Waals surface area contributed by atoms with E-state index in [4.69, 9.17) is 0 Å². The number of fused-ring (bicyclic) bond motifs is 5. The average Bonchev–Trinajstić information content (AvgIpc) is 3.19. The zero-order valence-electron chi connectivity index (χ0n) is 23.5. The van der Waals surface area contributed by atoms with Crippen LogP contribution in [0.4, 0.5) is 0 Å². The molecule has 10 unspecified atom stereocenters. The van der Waals surface area contributed by atoms with Crippen LogP contribution in [0.3, 0.4) is 0 Å². The molecule has 200 valence electrons. The smallest absolute Gasteiger partial charge is 0.307 e. The van der Waals surface area contributed by atoms with Gasteiger partial charge in [-0.2, -0.15) is 0 Å². The highest BCUT2D eigenvalue weighted by Crippen LogP contribution is 2.70. The molecule has 0 aromatic heterocycles. The summed E-state index contributed by atoms with van der Waals surface area (Å²) in [4.78, 5) is 23.7. The zero-order valence-corrected chi connectivity index (χ0v) is 23.5. The fourth-order valence-corrected chi connectivity index (χ4v) is 10.1. The van der Waals surface area contributed by atoms with Crippen LogP contribution in [-0.4, -0.2) is 25.5 Å². The molecule has 4 aliphatic rings. The molecule has 0 aliphatic heterocycles. The van der Waals surface area contributed by atoms with Gasteiger partial charge in [0.1, 0.15) is 0 Å². The van der Waals surface area contributed by atoms with Crippen molar-refractivity contribution in [2.75, 3.05) is 13.7 Å². The van der Waals surface area contributed by atoms with E-state index in [0.717, 1.165) is 47.8 Å². The van der Waals surface area contributed by atoms with Crippen LogP contribution in [0.25, 0.3) is 0 Å². The van der Waals surface area contributed by atoms with Gasteiger partial charge in [0.05, 0.1) is 13.5 Å². The van der Waals surface area contributed by atoms with Crippen LogP contribution in [0.15, 0.2) is 0 Å². The molecule has 35 heavy (non-hydrogen) atoms. The summed E-state index contributed by atoms with van der Waals surface area (Å²) < 4.78 is 4.66. The normalized spacial score (nSPS) is 43.4. The fourth-order valence-electron chi connectivity index (χ4n) is 10.1. The van der Waals surface area contributed by atoms with Crippen LogP contribution in [0, 0.1) is 58.2 Å². The van der Waals surface area contributed by atoms with Gasteiger partial charge >= 0.3 is 5.97 Å². The third kappa shape index (κ3) is 5.06. The van der Waals surface area contributed by atoms with Gasteiger partial charge in [0.15, 0.2) is 0 Å². The lowest BCUT2D eigenvalue weighted by Gasteiger charge is -2.63. The highest BCUT2D eigenvalue weighted by atomic mass is 16.5. The summed E-state index contributed by atoms with van der Waals surface area (Å²) in [6.45, 7) is 13.1. The number of amides is 1. The van der Waals surface area contributed by atoms with Gasteiger partial charge in [-0.25, -0.2) is 0 Å². The maximum Gasteiger partial charge on any atom is 0.307 e. The SMILES string of the molecule is CCC1CC2CC(C)CCC2(C)C2CCC3(C)C(C(C)CCC(=O)NCCC(=O)OC)CCC3C12. The van der Waals surface area contributed by atoms with Crippen LogP contribution in [0.5, 0.6) is 0 Å². The van der Waals surface area contributed by atoms with E-state index in [-0.39, 0.29) is 18.3 Å². The predicted molar refractivity (Wildman–Crippen MR) is 142 cm³/mol. The first-order valence-electron chi connectivity index (χ1n) is 15.0. The van der Waals surface area contributed by atoms with Gasteiger partial charge in [-0.1, -0.05) is 47.5 Å². The first-order valence-corrected chi connectivity index (χ1v) is 15.0. The average molecular weight is 488 g/mol. The first-order chi connectivity index (χ1) is 16.6. The molecule has 4 fully saturated rings. The summed E-state index contributed by atoms with van der Waals surface area (Å²) in [5.74, 6) is 6.66. The highest BCUT2D eigenvalue weighted by Gasteiger charge is 2.62. The lowest BCUT2D eigenvalue weighted by Crippen LogP contribution is -2.56. The molecule has 0 aromatic rings. The van der Waals surface area contributed by atoms with E-state index in [2.05, 4.69) is 44.7 Å². The van der Waals surface area contributed by atoms with E-state index in [1.807, 2.05) is 0 Å². The highest BCUT2D eigenvalue weighted by molar-refractivity contribution is 5.77. The van der Waals surface area contributed by atoms with Gasteiger partial charge in [-0.15, -0.1) is 0 Å². The Bertz CT molecular complexity index is 766. The van der Waals surface area contributed by atoms with Crippen molar-refractivity contribution >= 4 is 11.9 Å². The molecule has 4 saturated carbocycles. The van der Waals surface area contributed by atoms with Crippen molar-refractivity contribution in [1.29, 1.82) is 0 Å². The molecule has 1 amide bonds. The molecule has 0 saturated heterocycles. The van der Waals surface area contributed by atoms with Crippen LogP contribution in [0.2, 0.25) is 0 Å². The summed E-state index contributed by atoms with van der Waals surface area (Å²) in [5, 5.41) is 2.90. The summed E-state index contributed by atoms with van der Waals surface area (Å²) in [6, 6.07) is 0. The summed E-state index contributed by atoms with van der Waals surface area (Å²) in [6.07, 6.45) is 14.6. The second kappa shape index (κ2) is 10.7. The standard InChI is InChI=1S/C31H53NO3/c1-7-22-19-23-18-20(2)12-15-30(23,4)26-13-16-31(5)24(9-10-25(31)29(22)26)21(3)8-11-27(33)32-17-14-28(34)35-6/h20-26,29H,7-19H2,1-6H3,(H,32,33). The van der Waals surface area contributed by atoms with Crippen molar-refractivity contribution in [3.63, 3.8) is 0 Å². The Morgan fingerprint density at radius 2 is 1.71 bits per heavy atom. The van der Waals surface area contributed by atoms with Gasteiger partial charge < -0.3 is 10.1 Å². The monoisotopic (exact) mass is 487 g/mol. The van der Waals surface area contributed by atoms with E-state index in [0.29, 0.717) is 29.7 Å². The summed E-state index contributed by atoms with van der Waals surface area (Å²) >= 11 is 0. The number of carbonyl (C=O) groups is 2. The number of nitrogens with one attached hydrogen (secondary N) is 1. The Hall–Kier alpha value is -1.06. The van der Waals surface area contributed by atoms with Crippen LogP contribution < -0.4 is 5.32 Å². The van der Waals surface area contributed by atoms with Gasteiger partial charge in [0, 0.05) is 13.0 Å². The van der Waals surface area contributed by atoms with E-state index >= 15 is 0 Å². The minimum absolute atomic E-state index is 0.0768. The van der Waals surface area contributed by atoms with Crippen LogP contribution >= 0.6 is 0 Å². The Kier molecular flexibility index (Phi) is 8.28. The minimum Gasteiger partial charge on any atom is -0.469 e. The second-order valence-corrected chi connectivity index (χ2v) is 13.7. The number of hydrogen-bond donors (Lipinski definition) is 1. The number of carbonyl (C=O) groups excluding carboxylic acids is 2. The van der Waals surface area contributed by atoms with E-state index in [1.165, 1.54) is 64.9 Å². The number of methoxy groups -OCH3 is 1. The molecule has 0 aromatic carbocycles. The van der Waals surface area contributed by atoms with Gasteiger partial charge in [0.25, 0.3) is 0 Å². The lowest BCUT2D eigenvalue weighted by atomic mass is 9.41. The van der Waals surface area contributed by atoms with E-state index in [1.54, 1.807) is 0 Å². The quantitative estimate of drug-likeness (QED) is 0.375. The molecule has 0 bridgehead atoms. The topological polar surface area (TPSA) is 55.4 Å². The molecule has 4 aliphatic carbocycles. The third-order valence-electron chi connectivity index (χ3n) is 12.1. The Morgan fingerprint density at radius 3 is 2.43 bits per heavy atom. The molecule has 0 heterocycles. The van der Waals surface area contributed by atoms with E-state index < -0.39 is 0 Å². The van der Waals surface area contributed by atoms with Crippen LogP contribution in [-0.2, 0) is 14.3 Å². The van der Waals surface area contributed by atoms with Gasteiger partial charge in [0.2, 0.25) is 5.91 Å². The van der Waals surface area contributed by atoms with Crippen molar-refractivity contribution in [3.8, 4) is 0 Å². The van der Waals surface area contributed by atoms with Crippen LogP contribution in [0.1, 0.15) is 112 Å². The van der Waals surface area contributed by atoms with Crippen molar-refractivity contribution in [1.82, 2.24) is 5.32 Å². The van der Waals surface area contributed by atoms with Gasteiger partial charge in [-0.05, 0) is 110 Å². The van der Waals surface area contributed by atoms with Gasteiger partial charge in [-0.3, -0.25) is 9.59 Å². The number of esters is 1. The Balaban J connectivity index is 1.40. The minimum atomic E-state index is -0.268. The summed E-state index contributed by atoms with van der Waals surface area (Å²) in [7, 11) is 1.39. The molecule has 1 N–H and O–H groups in total. The molecule has 4 heteroatoms. The third-order valence-corrected chi connectivity index (χ3v) is 12.1. The molecular weight excluding hydrogens is 434 g/mol. The molecular formula is C31H53NO3. The lowest BCUT2D eigenvalue weighted by molar-refractivity contribution is -0.147. The predicted octanol–water partition coefficient (Wildman–Crippen LogP) is 7.01. The van der Waals surface area contributed by atoms with Crippen molar-refractivity contribution in [2.45, 2.75) is 112 Å². The largest absolute Gasteiger partial charge is 0.469 e. The number of ether oxygens (including phenoxy) is 1. The first kappa shape index (κ1) is 27.0. The van der Waals surface area contributed by atoms with Crippen molar-refractivity contribution < 1.29 is 14.3 Å². The number of hydrogen-bond acceptors (Lipinski definition) is 3. The summed E-state index contributed by atoms with van der Waals surface area (Å²) in [5.41, 5.74) is 1.02. The molecule has 0 radical (unpaired) electrons. The maximum absolute atomic E-state index is 12.4. The maximum atomic E-state index is 12.4. The second-order valence-electron chi connectivity index (χ2n) is 13.7. The molecule has 10 atom stereocenters. The molecule has 4 rings (SSSR count). The molecule has 0 spiro atoms. The fraction of sp³-hybridized carbons (Fsp3) is 0.935. The van der Waals surface area contributed by atoms with Crippen molar-refractivity contribution in [3.05, 3.63) is 0 Å². The number of rotatable bonds is 8. The zero-order chi connectivity index (χ0) is 25.4. The van der Waals surface area contributed by atoms with E-state index in [9.17, 15) is 9.59 Å².